The first-order valence-corrected chi connectivity index (χ1v) is 7.10. The maximum absolute atomic E-state index is 9.27. The molecule has 5 nitrogen and oxygen atoms in total. The largest absolute Gasteiger partial charge is 0.395 e. The lowest BCUT2D eigenvalue weighted by atomic mass is 9.94. The number of hydrogen-bond donors (Lipinski definition) is 3. The second-order valence-corrected chi connectivity index (χ2v) is 5.14. The van der Waals surface area contributed by atoms with Gasteiger partial charge in [-0.05, 0) is 18.9 Å². The van der Waals surface area contributed by atoms with E-state index in [1.807, 2.05) is 12.1 Å². The van der Waals surface area contributed by atoms with Gasteiger partial charge in [0.1, 0.15) is 5.82 Å². The highest BCUT2D eigenvalue weighted by atomic mass is 16.3. The lowest BCUT2D eigenvalue weighted by molar-refractivity contribution is 0.117. The number of aromatic nitrogens is 1. The van der Waals surface area contributed by atoms with E-state index < -0.39 is 0 Å². The number of nitrogen functional groups attached to an aromatic ring is 1. The SMILES string of the molecule is NNc1ncccc1CN(CCO)C1CCCCC1. The normalized spacial score (nSPS) is 16.8. The Kier molecular flexibility index (Phi) is 5.57. The van der Waals surface area contributed by atoms with Gasteiger partial charge >= 0.3 is 0 Å². The van der Waals surface area contributed by atoms with Crippen molar-refractivity contribution in [3.8, 4) is 0 Å². The van der Waals surface area contributed by atoms with Gasteiger partial charge in [0, 0.05) is 30.9 Å². The number of nitrogens with zero attached hydrogens (tertiary/aromatic N) is 2. The quantitative estimate of drug-likeness (QED) is 0.536. The van der Waals surface area contributed by atoms with Crippen molar-refractivity contribution in [1.82, 2.24) is 9.88 Å². The fraction of sp³-hybridized carbons (Fsp3) is 0.643. The first-order chi connectivity index (χ1) is 9.35. The highest BCUT2D eigenvalue weighted by Gasteiger charge is 2.21. The Hall–Kier alpha value is -1.17. The molecule has 1 fully saturated rings. The van der Waals surface area contributed by atoms with Crippen molar-refractivity contribution < 1.29 is 5.11 Å². The zero-order valence-electron chi connectivity index (χ0n) is 11.4. The van der Waals surface area contributed by atoms with Crippen molar-refractivity contribution in [3.05, 3.63) is 23.9 Å². The molecule has 1 aromatic rings. The molecule has 2 rings (SSSR count). The van der Waals surface area contributed by atoms with Gasteiger partial charge in [-0.3, -0.25) is 4.90 Å². The van der Waals surface area contributed by atoms with Crippen molar-refractivity contribution >= 4 is 5.82 Å². The molecule has 0 atom stereocenters. The number of pyridine rings is 1. The van der Waals surface area contributed by atoms with Gasteiger partial charge < -0.3 is 10.5 Å². The molecule has 0 spiro atoms. The molecule has 5 heteroatoms. The van der Waals surface area contributed by atoms with Gasteiger partial charge in [0.05, 0.1) is 6.61 Å². The number of rotatable bonds is 6. The van der Waals surface area contributed by atoms with Crippen molar-refractivity contribution in [2.45, 2.75) is 44.7 Å². The summed E-state index contributed by atoms with van der Waals surface area (Å²) in [7, 11) is 0. The summed E-state index contributed by atoms with van der Waals surface area (Å²) in [6.45, 7) is 1.70. The van der Waals surface area contributed by atoms with Crippen LogP contribution in [0.2, 0.25) is 0 Å². The van der Waals surface area contributed by atoms with Crippen LogP contribution in [-0.2, 0) is 6.54 Å². The zero-order valence-corrected chi connectivity index (χ0v) is 11.4. The molecular formula is C14H24N4O. The lowest BCUT2D eigenvalue weighted by Gasteiger charge is -2.34. The van der Waals surface area contributed by atoms with Crippen molar-refractivity contribution in [2.24, 2.45) is 5.84 Å². The molecule has 0 radical (unpaired) electrons. The van der Waals surface area contributed by atoms with E-state index in [9.17, 15) is 5.11 Å². The number of aliphatic hydroxyl groups excluding tert-OH is 1. The number of hydrazine groups is 1. The molecule has 0 bridgehead atoms. The fourth-order valence-corrected chi connectivity index (χ4v) is 2.88. The Bertz CT molecular complexity index is 379. The average molecular weight is 264 g/mol. The van der Waals surface area contributed by atoms with Gasteiger partial charge in [-0.25, -0.2) is 10.8 Å². The van der Waals surface area contributed by atoms with Gasteiger partial charge in [-0.1, -0.05) is 25.3 Å². The topological polar surface area (TPSA) is 74.4 Å². The van der Waals surface area contributed by atoms with Crippen molar-refractivity contribution in [3.63, 3.8) is 0 Å². The maximum atomic E-state index is 9.27. The second-order valence-electron chi connectivity index (χ2n) is 5.14. The summed E-state index contributed by atoms with van der Waals surface area (Å²) in [5, 5.41) is 9.27. The second kappa shape index (κ2) is 7.43. The highest BCUT2D eigenvalue weighted by molar-refractivity contribution is 5.42. The Balaban J connectivity index is 2.06. The van der Waals surface area contributed by atoms with E-state index in [4.69, 9.17) is 5.84 Å². The summed E-state index contributed by atoms with van der Waals surface area (Å²) in [4.78, 5) is 6.59. The highest BCUT2D eigenvalue weighted by Crippen LogP contribution is 2.24. The third-order valence-corrected chi connectivity index (χ3v) is 3.88. The summed E-state index contributed by atoms with van der Waals surface area (Å²) >= 11 is 0. The van der Waals surface area contributed by atoms with Gasteiger partial charge in [-0.15, -0.1) is 0 Å². The Morgan fingerprint density at radius 1 is 1.37 bits per heavy atom. The Labute approximate surface area is 114 Å². The van der Waals surface area contributed by atoms with Crippen LogP contribution in [0.4, 0.5) is 5.82 Å². The van der Waals surface area contributed by atoms with Crippen LogP contribution in [0, 0.1) is 0 Å². The molecule has 1 aliphatic rings. The number of nitrogens with two attached hydrogens (primary N) is 1. The monoisotopic (exact) mass is 264 g/mol. The third-order valence-electron chi connectivity index (χ3n) is 3.88. The molecule has 1 aliphatic carbocycles. The van der Waals surface area contributed by atoms with Gasteiger partial charge in [0.2, 0.25) is 0 Å². The minimum Gasteiger partial charge on any atom is -0.395 e. The van der Waals surface area contributed by atoms with E-state index >= 15 is 0 Å². The maximum Gasteiger partial charge on any atom is 0.144 e. The predicted octanol–water partition coefficient (Wildman–Crippen LogP) is 1.49. The van der Waals surface area contributed by atoms with E-state index in [1.54, 1.807) is 6.20 Å². The van der Waals surface area contributed by atoms with E-state index in [-0.39, 0.29) is 6.61 Å². The average Bonchev–Trinajstić information content (AvgIpc) is 2.48. The molecule has 0 aliphatic heterocycles. The predicted molar refractivity (Wildman–Crippen MR) is 76.4 cm³/mol. The smallest absolute Gasteiger partial charge is 0.144 e. The molecule has 1 saturated carbocycles. The van der Waals surface area contributed by atoms with Gasteiger partial charge in [-0.2, -0.15) is 0 Å². The summed E-state index contributed by atoms with van der Waals surface area (Å²) in [6, 6.07) is 4.54. The van der Waals surface area contributed by atoms with E-state index in [2.05, 4.69) is 15.3 Å². The Morgan fingerprint density at radius 3 is 2.84 bits per heavy atom. The van der Waals surface area contributed by atoms with Crippen LogP contribution in [0.5, 0.6) is 0 Å². The van der Waals surface area contributed by atoms with Crippen LogP contribution in [0.25, 0.3) is 0 Å². The van der Waals surface area contributed by atoms with Crippen LogP contribution in [-0.4, -0.2) is 34.2 Å². The third kappa shape index (κ3) is 3.89. The van der Waals surface area contributed by atoms with E-state index in [1.165, 1.54) is 32.1 Å². The minimum absolute atomic E-state index is 0.197. The molecule has 4 N–H and O–H groups in total. The molecule has 0 unspecified atom stereocenters. The van der Waals surface area contributed by atoms with Crippen molar-refractivity contribution in [1.29, 1.82) is 0 Å². The number of nitrogens with one attached hydrogen (secondary N) is 1. The lowest BCUT2D eigenvalue weighted by Crippen LogP contribution is -2.38. The summed E-state index contributed by atoms with van der Waals surface area (Å²) < 4.78 is 0. The van der Waals surface area contributed by atoms with Crippen LogP contribution < -0.4 is 11.3 Å². The molecule has 0 saturated heterocycles. The summed E-state index contributed by atoms with van der Waals surface area (Å²) in [5.74, 6) is 6.22. The number of hydrogen-bond acceptors (Lipinski definition) is 5. The van der Waals surface area contributed by atoms with Crippen molar-refractivity contribution in [2.75, 3.05) is 18.6 Å². The van der Waals surface area contributed by atoms with Crippen LogP contribution >= 0.6 is 0 Å². The first kappa shape index (κ1) is 14.2. The number of anilines is 1. The van der Waals surface area contributed by atoms with Gasteiger partial charge in [0.15, 0.2) is 0 Å². The molecule has 1 aromatic heterocycles. The molecule has 1 heterocycles. The van der Waals surface area contributed by atoms with Crippen LogP contribution in [0.15, 0.2) is 18.3 Å². The van der Waals surface area contributed by atoms with E-state index in [0.29, 0.717) is 12.6 Å². The zero-order chi connectivity index (χ0) is 13.5. The molecule has 0 amide bonds. The molecule has 0 aromatic carbocycles. The first-order valence-electron chi connectivity index (χ1n) is 7.10. The van der Waals surface area contributed by atoms with Gasteiger partial charge in [0.25, 0.3) is 0 Å². The van der Waals surface area contributed by atoms with Crippen LogP contribution in [0.1, 0.15) is 37.7 Å². The van der Waals surface area contributed by atoms with Crippen LogP contribution in [0.3, 0.4) is 0 Å². The summed E-state index contributed by atoms with van der Waals surface area (Å²) in [6.07, 6.45) is 8.11. The summed E-state index contributed by atoms with van der Waals surface area (Å²) in [5.41, 5.74) is 3.73. The standard InChI is InChI=1S/C14H24N4O/c15-17-14-12(5-4-8-16-14)11-18(9-10-19)13-6-2-1-3-7-13/h4-5,8,13,19H,1-3,6-7,9-11,15H2,(H,16,17). The fourth-order valence-electron chi connectivity index (χ4n) is 2.88. The molecule has 19 heavy (non-hydrogen) atoms. The molecule has 106 valence electrons. The minimum atomic E-state index is 0.197. The Morgan fingerprint density at radius 2 is 2.16 bits per heavy atom. The van der Waals surface area contributed by atoms with E-state index in [0.717, 1.165) is 17.9 Å². The molecular weight excluding hydrogens is 240 g/mol. The number of aliphatic hydroxyl groups is 1.